The van der Waals surface area contributed by atoms with Gasteiger partial charge in [0, 0.05) is 43.8 Å². The van der Waals surface area contributed by atoms with E-state index >= 15 is 0 Å². The third-order valence-electron chi connectivity index (χ3n) is 3.58. The molecule has 126 valence electrons. The van der Waals surface area contributed by atoms with Gasteiger partial charge >= 0.3 is 0 Å². The highest BCUT2D eigenvalue weighted by Gasteiger charge is 2.25. The van der Waals surface area contributed by atoms with Gasteiger partial charge in [0.25, 0.3) is 0 Å². The van der Waals surface area contributed by atoms with Gasteiger partial charge in [-0.1, -0.05) is 0 Å². The molecule has 1 aliphatic rings. The van der Waals surface area contributed by atoms with E-state index in [1.807, 2.05) is 0 Å². The van der Waals surface area contributed by atoms with Gasteiger partial charge in [-0.15, -0.1) is 0 Å². The lowest BCUT2D eigenvalue weighted by Gasteiger charge is -2.42. The van der Waals surface area contributed by atoms with E-state index in [2.05, 4.69) is 56.8 Å². The molecule has 1 N–H and O–H groups in total. The summed E-state index contributed by atoms with van der Waals surface area (Å²) in [6, 6.07) is 0. The van der Waals surface area contributed by atoms with E-state index in [0.29, 0.717) is 18.8 Å². The first-order valence-corrected chi connectivity index (χ1v) is 8.12. The summed E-state index contributed by atoms with van der Waals surface area (Å²) >= 11 is 0. The normalized spacial score (nSPS) is 19.1. The van der Waals surface area contributed by atoms with Gasteiger partial charge in [0.2, 0.25) is 0 Å². The van der Waals surface area contributed by atoms with Crippen LogP contribution in [0.5, 0.6) is 0 Å². The standard InChI is InChI=1S/C16H35N3O2/c1-15(2,3)17-21-14-13-20-12-11-18-7-9-19(10-8-18)16(4,5)6/h17H,7-14H2,1-6H3. The number of nitrogens with one attached hydrogen (secondary N) is 1. The van der Waals surface area contributed by atoms with Gasteiger partial charge in [-0.05, 0) is 41.5 Å². The molecular weight excluding hydrogens is 266 g/mol. The van der Waals surface area contributed by atoms with E-state index in [-0.39, 0.29) is 5.54 Å². The van der Waals surface area contributed by atoms with Gasteiger partial charge < -0.3 is 4.74 Å². The fraction of sp³-hybridized carbons (Fsp3) is 1.00. The van der Waals surface area contributed by atoms with E-state index in [4.69, 9.17) is 9.57 Å². The Balaban J connectivity index is 1.98. The SMILES string of the molecule is CC(C)(C)NOCCOCCN1CCN(C(C)(C)C)CC1. The molecule has 0 spiro atoms. The molecule has 0 radical (unpaired) electrons. The number of piperazine rings is 1. The Bertz CT molecular complexity index is 276. The van der Waals surface area contributed by atoms with Crippen LogP contribution in [0.25, 0.3) is 0 Å². The van der Waals surface area contributed by atoms with Crippen LogP contribution in [0, 0.1) is 0 Å². The molecule has 1 rings (SSSR count). The van der Waals surface area contributed by atoms with E-state index < -0.39 is 0 Å². The van der Waals surface area contributed by atoms with Crippen molar-refractivity contribution in [3.8, 4) is 0 Å². The molecule has 0 atom stereocenters. The number of hydrogen-bond donors (Lipinski definition) is 1. The summed E-state index contributed by atoms with van der Waals surface area (Å²) in [4.78, 5) is 10.4. The molecule has 0 saturated carbocycles. The van der Waals surface area contributed by atoms with Gasteiger partial charge in [0.1, 0.15) is 0 Å². The summed E-state index contributed by atoms with van der Waals surface area (Å²) in [7, 11) is 0. The van der Waals surface area contributed by atoms with Crippen molar-refractivity contribution >= 4 is 0 Å². The minimum Gasteiger partial charge on any atom is -0.378 e. The van der Waals surface area contributed by atoms with Crippen LogP contribution in [0.4, 0.5) is 0 Å². The Morgan fingerprint density at radius 2 is 1.48 bits per heavy atom. The number of ether oxygens (including phenoxy) is 1. The molecule has 0 aliphatic carbocycles. The van der Waals surface area contributed by atoms with Crippen LogP contribution in [-0.4, -0.2) is 73.4 Å². The van der Waals surface area contributed by atoms with Crippen molar-refractivity contribution in [1.29, 1.82) is 0 Å². The van der Waals surface area contributed by atoms with Crippen molar-refractivity contribution in [3.63, 3.8) is 0 Å². The molecule has 5 heteroatoms. The Morgan fingerprint density at radius 3 is 2.00 bits per heavy atom. The minimum absolute atomic E-state index is 0.00721. The predicted molar refractivity (Wildman–Crippen MR) is 87.4 cm³/mol. The summed E-state index contributed by atoms with van der Waals surface area (Å²) in [5.41, 5.74) is 3.27. The quantitative estimate of drug-likeness (QED) is 0.573. The van der Waals surface area contributed by atoms with Crippen LogP contribution in [0.2, 0.25) is 0 Å². The minimum atomic E-state index is -0.00721. The van der Waals surface area contributed by atoms with Crippen LogP contribution in [0.1, 0.15) is 41.5 Å². The maximum Gasteiger partial charge on any atom is 0.0916 e. The lowest BCUT2D eigenvalue weighted by molar-refractivity contribution is -0.0398. The lowest BCUT2D eigenvalue weighted by atomic mass is 10.1. The number of nitrogens with zero attached hydrogens (tertiary/aromatic N) is 2. The molecule has 1 saturated heterocycles. The molecule has 1 heterocycles. The van der Waals surface area contributed by atoms with Crippen molar-refractivity contribution in [2.75, 3.05) is 52.5 Å². The monoisotopic (exact) mass is 301 g/mol. The molecule has 0 unspecified atom stereocenters. The lowest BCUT2D eigenvalue weighted by Crippen LogP contribution is -2.53. The summed E-state index contributed by atoms with van der Waals surface area (Å²) < 4.78 is 5.62. The van der Waals surface area contributed by atoms with Crippen molar-refractivity contribution in [2.45, 2.75) is 52.6 Å². The predicted octanol–water partition coefficient (Wildman–Crippen LogP) is 1.74. The molecule has 0 aromatic carbocycles. The summed E-state index contributed by atoms with van der Waals surface area (Å²) in [5, 5.41) is 0. The average Bonchev–Trinajstić information content (AvgIpc) is 2.36. The smallest absolute Gasteiger partial charge is 0.0916 e. The Labute approximate surface area is 130 Å². The van der Waals surface area contributed by atoms with E-state index in [1.165, 1.54) is 0 Å². The molecule has 5 nitrogen and oxygen atoms in total. The molecule has 0 aromatic heterocycles. The summed E-state index contributed by atoms with van der Waals surface area (Å²) in [5.74, 6) is 0. The molecule has 21 heavy (non-hydrogen) atoms. The van der Waals surface area contributed by atoms with E-state index in [0.717, 1.165) is 39.3 Å². The molecule has 0 aromatic rings. The highest BCUT2D eigenvalue weighted by molar-refractivity contribution is 4.81. The molecular formula is C16H35N3O2. The first-order valence-electron chi connectivity index (χ1n) is 8.12. The summed E-state index contributed by atoms with van der Waals surface area (Å²) in [6.45, 7) is 20.7. The second kappa shape index (κ2) is 8.44. The van der Waals surface area contributed by atoms with E-state index in [1.54, 1.807) is 0 Å². The van der Waals surface area contributed by atoms with Crippen LogP contribution in [0.15, 0.2) is 0 Å². The fourth-order valence-electron chi connectivity index (χ4n) is 2.31. The first kappa shape index (κ1) is 18.8. The molecule has 0 bridgehead atoms. The van der Waals surface area contributed by atoms with Gasteiger partial charge in [0.15, 0.2) is 0 Å². The maximum atomic E-state index is 5.62. The molecule has 1 fully saturated rings. The average molecular weight is 301 g/mol. The van der Waals surface area contributed by atoms with Crippen molar-refractivity contribution in [1.82, 2.24) is 15.3 Å². The largest absolute Gasteiger partial charge is 0.378 e. The zero-order valence-corrected chi connectivity index (χ0v) is 14.9. The topological polar surface area (TPSA) is 37.0 Å². The fourth-order valence-corrected chi connectivity index (χ4v) is 2.31. The van der Waals surface area contributed by atoms with Crippen LogP contribution < -0.4 is 5.48 Å². The first-order chi connectivity index (χ1) is 9.68. The zero-order valence-electron chi connectivity index (χ0n) is 14.9. The number of hydrogen-bond acceptors (Lipinski definition) is 5. The second-order valence-electron chi connectivity index (χ2n) is 7.81. The molecule has 1 aliphatic heterocycles. The van der Waals surface area contributed by atoms with Crippen molar-refractivity contribution in [3.05, 3.63) is 0 Å². The van der Waals surface area contributed by atoms with Gasteiger partial charge in [-0.25, -0.2) is 0 Å². The Kier molecular flexibility index (Phi) is 7.57. The van der Waals surface area contributed by atoms with Crippen LogP contribution in [-0.2, 0) is 9.57 Å². The van der Waals surface area contributed by atoms with Gasteiger partial charge in [-0.2, -0.15) is 5.48 Å². The highest BCUT2D eigenvalue weighted by Crippen LogP contribution is 2.15. The number of hydroxylamine groups is 1. The molecule has 0 amide bonds. The maximum absolute atomic E-state index is 5.62. The van der Waals surface area contributed by atoms with Gasteiger partial charge in [-0.3, -0.25) is 14.6 Å². The second-order valence-corrected chi connectivity index (χ2v) is 7.81. The van der Waals surface area contributed by atoms with Crippen LogP contribution in [0.3, 0.4) is 0 Å². The van der Waals surface area contributed by atoms with Gasteiger partial charge in [0.05, 0.1) is 19.8 Å². The Hall–Kier alpha value is -0.200. The highest BCUT2D eigenvalue weighted by atomic mass is 16.7. The third-order valence-corrected chi connectivity index (χ3v) is 3.58. The summed E-state index contributed by atoms with van der Waals surface area (Å²) in [6.07, 6.45) is 0. The third kappa shape index (κ3) is 8.73. The Morgan fingerprint density at radius 1 is 0.857 bits per heavy atom. The zero-order chi connectivity index (χ0) is 15.9. The number of rotatable bonds is 7. The van der Waals surface area contributed by atoms with Crippen LogP contribution >= 0.6 is 0 Å². The van der Waals surface area contributed by atoms with Crippen molar-refractivity contribution < 1.29 is 9.57 Å². The van der Waals surface area contributed by atoms with Crippen molar-refractivity contribution in [2.24, 2.45) is 0 Å². The van der Waals surface area contributed by atoms with E-state index in [9.17, 15) is 0 Å².